The highest BCUT2D eigenvalue weighted by Crippen LogP contribution is 2.43. The van der Waals surface area contributed by atoms with Crippen molar-refractivity contribution in [2.24, 2.45) is 0 Å². The van der Waals surface area contributed by atoms with Gasteiger partial charge < -0.3 is 104 Å². The summed E-state index contributed by atoms with van der Waals surface area (Å²) in [6.07, 6.45) is -24.3. The van der Waals surface area contributed by atoms with Crippen LogP contribution in [0.3, 0.4) is 0 Å². The number of benzene rings is 3. The Kier molecular flexibility index (Phi) is 16.2. The van der Waals surface area contributed by atoms with E-state index in [2.05, 4.69) is 0 Å². The number of esters is 2. The Bertz CT molecular complexity index is 2520. The van der Waals surface area contributed by atoms with Gasteiger partial charge in [-0.15, -0.1) is 0 Å². The van der Waals surface area contributed by atoms with Crippen LogP contribution in [0.1, 0.15) is 12.0 Å². The van der Waals surface area contributed by atoms with E-state index in [0.717, 1.165) is 18.2 Å². The van der Waals surface area contributed by atoms with Crippen molar-refractivity contribution >= 4 is 35.0 Å². The van der Waals surface area contributed by atoms with Crippen molar-refractivity contribution in [2.75, 3.05) is 26.9 Å². The molecule has 3 aromatic carbocycles. The maximum absolute atomic E-state index is 12.9. The SMILES string of the molecule is COc1cc(/C=C/C(=O)OC[C@H]2O[C@@H](Oc3cc4c(O[C@@H]5O[C@H](COC(=O)CC(=O)O)[C@@H](O)[C@H](O)[C@H]5O)cc(O)cc4[o+]c3-c3ccc(O)cc3)[C@H](O[C@@H]3OC[C@@H](O)[C@H](O)[C@H]3O)[C@@H](O)[C@@H]2O)ccc1O. The van der Waals surface area contributed by atoms with Crippen LogP contribution in [-0.2, 0) is 42.8 Å². The Morgan fingerprint density at radius 2 is 1.34 bits per heavy atom. The topological polar surface area (TPSA) is 388 Å². The van der Waals surface area contributed by atoms with E-state index in [-0.39, 0.29) is 51.0 Å². The standard InChI is InChI=1S/C45H48O25/c1-61-27-10-18(2-8-23(27)48)3-9-32(52)62-16-30-36(56)38(58)42(70-43-39(59)34(54)24(49)15-64-43)45(69-30)67-28-13-22-25(65-41(28)19-4-6-20(46)7-5-19)11-21(47)12-26(22)66-44-40(60)37(57)35(55)29(68-44)17-63-33(53)14-31(50)51/h2-13,24,29-30,34-40,42-45,49,54-60H,14-17H2,1H3,(H3-,46,47,48,50,51,52)/p+1/t24-,29-,30-,34+,35-,36-,37+,38+,39-,40-,42-,43+,44-,45-/m1/s1. The normalized spacial score (nSPS) is 30.1. The molecule has 0 aliphatic carbocycles. The van der Waals surface area contributed by atoms with Crippen LogP contribution < -0.4 is 14.2 Å². The number of ether oxygens (including phenoxy) is 9. The monoisotopic (exact) mass is 989 g/mol. The van der Waals surface area contributed by atoms with Gasteiger partial charge in [0.05, 0.1) is 25.3 Å². The van der Waals surface area contributed by atoms with Crippen LogP contribution in [0, 0.1) is 0 Å². The van der Waals surface area contributed by atoms with Crippen molar-refractivity contribution in [3.05, 3.63) is 72.3 Å². The fourth-order valence-electron chi connectivity index (χ4n) is 7.43. The second-order valence-corrected chi connectivity index (χ2v) is 16.1. The molecule has 1 aromatic heterocycles. The van der Waals surface area contributed by atoms with Crippen molar-refractivity contribution < 1.29 is 123 Å². The van der Waals surface area contributed by atoms with Crippen LogP contribution in [0.4, 0.5) is 0 Å². The van der Waals surface area contributed by atoms with Crippen molar-refractivity contribution in [3.63, 3.8) is 0 Å². The van der Waals surface area contributed by atoms with Crippen molar-refractivity contribution in [1.82, 2.24) is 0 Å². The zero-order valence-electron chi connectivity index (χ0n) is 36.5. The summed E-state index contributed by atoms with van der Waals surface area (Å²) in [5.41, 5.74) is 0.478. The number of carboxylic acids is 1. The van der Waals surface area contributed by atoms with Crippen LogP contribution in [-0.4, -0.2) is 192 Å². The largest absolute Gasteiger partial charge is 0.508 e. The molecule has 0 unspecified atom stereocenters. The summed E-state index contributed by atoms with van der Waals surface area (Å²) in [6.45, 7) is -2.06. The molecule has 0 bridgehead atoms. The fourth-order valence-corrected chi connectivity index (χ4v) is 7.43. The first-order valence-corrected chi connectivity index (χ1v) is 21.2. The lowest BCUT2D eigenvalue weighted by Crippen LogP contribution is -2.64. The lowest BCUT2D eigenvalue weighted by molar-refractivity contribution is -0.345. The van der Waals surface area contributed by atoms with Crippen LogP contribution in [0.15, 0.2) is 71.2 Å². The Morgan fingerprint density at radius 3 is 2.04 bits per heavy atom. The van der Waals surface area contributed by atoms with Crippen LogP contribution >= 0.6 is 0 Å². The van der Waals surface area contributed by atoms with Crippen LogP contribution in [0.5, 0.6) is 34.5 Å². The smallest absolute Gasteiger partial charge is 0.402 e. The van der Waals surface area contributed by atoms with E-state index >= 15 is 0 Å². The van der Waals surface area contributed by atoms with Gasteiger partial charge in [0.2, 0.25) is 18.3 Å². The second-order valence-electron chi connectivity index (χ2n) is 16.1. The highest BCUT2D eigenvalue weighted by Gasteiger charge is 2.51. The number of phenols is 3. The lowest BCUT2D eigenvalue weighted by Gasteiger charge is -2.44. The number of carbonyl (C=O) groups excluding carboxylic acids is 2. The molecule has 0 spiro atoms. The quantitative estimate of drug-likeness (QED) is 0.0266. The molecule has 14 atom stereocenters. The third-order valence-corrected chi connectivity index (χ3v) is 11.2. The summed E-state index contributed by atoms with van der Waals surface area (Å²) < 4.78 is 56.8. The second kappa shape index (κ2) is 22.1. The Balaban J connectivity index is 1.23. The minimum atomic E-state index is -2.02. The van der Waals surface area contributed by atoms with Gasteiger partial charge in [-0.25, -0.2) is 9.21 Å². The van der Waals surface area contributed by atoms with Crippen LogP contribution in [0.2, 0.25) is 0 Å². The Hall–Kier alpha value is -6.46. The van der Waals surface area contributed by atoms with Gasteiger partial charge in [0.25, 0.3) is 0 Å². The fraction of sp³-hybridized carbons (Fsp3) is 0.422. The first-order valence-electron chi connectivity index (χ1n) is 21.2. The van der Waals surface area contributed by atoms with E-state index in [1.807, 2.05) is 0 Å². The first-order chi connectivity index (χ1) is 33.3. The van der Waals surface area contributed by atoms with Gasteiger partial charge in [-0.2, -0.15) is 0 Å². The maximum Gasteiger partial charge on any atom is 0.402 e. The summed E-state index contributed by atoms with van der Waals surface area (Å²) in [4.78, 5) is 35.8. The van der Waals surface area contributed by atoms with E-state index < -0.39 is 136 Å². The highest BCUT2D eigenvalue weighted by molar-refractivity contribution is 5.90. The number of fused-ring (bicyclic) bond motifs is 1. The molecule has 12 N–H and O–H groups in total. The molecule has 0 radical (unpaired) electrons. The molecule has 3 saturated heterocycles. The molecule has 25 heteroatoms. The van der Waals surface area contributed by atoms with E-state index in [1.54, 1.807) is 0 Å². The zero-order chi connectivity index (χ0) is 50.6. The number of methoxy groups -OCH3 is 1. The number of hydrogen-bond acceptors (Lipinski definition) is 23. The summed E-state index contributed by atoms with van der Waals surface area (Å²) in [5, 5.41) is 126. The summed E-state index contributed by atoms with van der Waals surface area (Å²) in [7, 11) is 1.33. The third-order valence-electron chi connectivity index (χ3n) is 11.2. The summed E-state index contributed by atoms with van der Waals surface area (Å²) >= 11 is 0. The molecule has 0 amide bonds. The molecule has 4 aromatic rings. The summed E-state index contributed by atoms with van der Waals surface area (Å²) in [6, 6.07) is 13.0. The Labute approximate surface area is 394 Å². The number of aromatic hydroxyl groups is 3. The average molecular weight is 990 g/mol. The molecule has 3 fully saturated rings. The van der Waals surface area contributed by atoms with Gasteiger partial charge in [-0.05, 0) is 48.0 Å². The molecule has 7 rings (SSSR count). The number of carboxylic acid groups (broad SMARTS) is 1. The third kappa shape index (κ3) is 11.8. The van der Waals surface area contributed by atoms with E-state index in [0.29, 0.717) is 5.56 Å². The molecule has 25 nitrogen and oxygen atoms in total. The average Bonchev–Trinajstić information content (AvgIpc) is 3.32. The predicted octanol–water partition coefficient (Wildman–Crippen LogP) is -1.38. The van der Waals surface area contributed by atoms with Crippen molar-refractivity contribution in [1.29, 1.82) is 0 Å². The highest BCUT2D eigenvalue weighted by atomic mass is 16.8. The molecule has 3 aliphatic rings. The molecule has 3 aliphatic heterocycles. The molecule has 4 heterocycles. The Morgan fingerprint density at radius 1 is 0.686 bits per heavy atom. The zero-order valence-corrected chi connectivity index (χ0v) is 36.5. The number of aliphatic carboxylic acids is 1. The summed E-state index contributed by atoms with van der Waals surface area (Å²) in [5.74, 6) is -5.17. The van der Waals surface area contributed by atoms with Crippen LogP contribution in [0.25, 0.3) is 28.4 Å². The van der Waals surface area contributed by atoms with Gasteiger partial charge in [-0.1, -0.05) is 6.07 Å². The van der Waals surface area contributed by atoms with Gasteiger partial charge >= 0.3 is 29.3 Å². The van der Waals surface area contributed by atoms with E-state index in [4.69, 9.17) is 52.2 Å². The van der Waals surface area contributed by atoms with Gasteiger partial charge in [0, 0.05) is 18.2 Å². The maximum atomic E-state index is 12.9. The van der Waals surface area contributed by atoms with E-state index in [1.165, 1.54) is 61.7 Å². The lowest BCUT2D eigenvalue weighted by atomic mass is 9.98. The minimum absolute atomic E-state index is 0.0864. The number of carbonyl (C=O) groups is 3. The van der Waals surface area contributed by atoms with Crippen molar-refractivity contribution in [2.45, 2.75) is 92.4 Å². The molecule has 70 heavy (non-hydrogen) atoms. The molecule has 0 saturated carbocycles. The number of hydrogen-bond donors (Lipinski definition) is 12. The van der Waals surface area contributed by atoms with E-state index in [9.17, 15) is 70.6 Å². The van der Waals surface area contributed by atoms with Crippen molar-refractivity contribution in [3.8, 4) is 45.8 Å². The number of aliphatic hydroxyl groups excluding tert-OH is 8. The molecular formula is C45H49O25+. The van der Waals surface area contributed by atoms with Gasteiger partial charge in [-0.3, -0.25) is 9.59 Å². The molecular weight excluding hydrogens is 940 g/mol. The molecule has 378 valence electrons. The minimum Gasteiger partial charge on any atom is -0.508 e. The predicted molar refractivity (Wildman–Crippen MR) is 228 cm³/mol. The van der Waals surface area contributed by atoms with Gasteiger partial charge in [0.1, 0.15) is 103 Å². The number of phenolic OH excluding ortho intramolecular Hbond substituents is 3. The number of aliphatic hydroxyl groups is 8. The van der Waals surface area contributed by atoms with Gasteiger partial charge in [0.15, 0.2) is 23.9 Å². The first kappa shape index (κ1) is 51.4. The number of rotatable bonds is 16.